The summed E-state index contributed by atoms with van der Waals surface area (Å²) in [6.45, 7) is 7.88. The van der Waals surface area contributed by atoms with E-state index in [1.807, 2.05) is 0 Å². The van der Waals surface area contributed by atoms with E-state index in [1.54, 1.807) is 0 Å². The monoisotopic (exact) mass is 445 g/mol. The predicted molar refractivity (Wildman–Crippen MR) is 140 cm³/mol. The van der Waals surface area contributed by atoms with Gasteiger partial charge < -0.3 is 10.4 Å². The molecular weight excluding hydrogens is 402 g/mol. The van der Waals surface area contributed by atoms with Crippen molar-refractivity contribution in [2.45, 2.75) is 104 Å². The SMILES string of the molecule is CCCCNC1C(C)=C2CCC[C@H](O)[C@@]2(C)C/C1=C\c1ccccc1C#CC1CCCCC1. The minimum Gasteiger partial charge on any atom is -0.392 e. The fraction of sp³-hybridized carbons (Fsp3) is 0.613. The van der Waals surface area contributed by atoms with Gasteiger partial charge in [-0.05, 0) is 75.6 Å². The zero-order chi connectivity index (χ0) is 23.3. The average molecular weight is 446 g/mol. The maximum atomic E-state index is 11.0. The molecule has 1 unspecified atom stereocenters. The third-order valence-corrected chi connectivity index (χ3v) is 8.38. The first-order valence-electron chi connectivity index (χ1n) is 13.5. The van der Waals surface area contributed by atoms with E-state index in [1.165, 1.54) is 67.2 Å². The summed E-state index contributed by atoms with van der Waals surface area (Å²) in [4.78, 5) is 0. The number of rotatable bonds is 5. The van der Waals surface area contributed by atoms with Crippen LogP contribution in [-0.2, 0) is 0 Å². The van der Waals surface area contributed by atoms with Crippen LogP contribution >= 0.6 is 0 Å². The van der Waals surface area contributed by atoms with Crippen molar-refractivity contribution in [2.75, 3.05) is 6.54 Å². The quantitative estimate of drug-likeness (QED) is 0.290. The summed E-state index contributed by atoms with van der Waals surface area (Å²) in [5.74, 6) is 7.70. The lowest BCUT2D eigenvalue weighted by Gasteiger charge is -2.48. The van der Waals surface area contributed by atoms with Crippen LogP contribution in [0.25, 0.3) is 6.08 Å². The van der Waals surface area contributed by atoms with Crippen LogP contribution in [0.1, 0.15) is 103 Å². The minimum absolute atomic E-state index is 0.139. The Hall–Kier alpha value is -1.82. The van der Waals surface area contributed by atoms with Crippen molar-refractivity contribution in [3.8, 4) is 11.8 Å². The van der Waals surface area contributed by atoms with Crippen molar-refractivity contribution in [1.82, 2.24) is 5.32 Å². The molecule has 0 spiro atoms. The molecule has 0 aliphatic heterocycles. The van der Waals surface area contributed by atoms with Crippen LogP contribution in [0, 0.1) is 23.2 Å². The number of benzene rings is 1. The first kappa shape index (κ1) is 24.3. The first-order valence-corrected chi connectivity index (χ1v) is 13.5. The topological polar surface area (TPSA) is 32.3 Å². The van der Waals surface area contributed by atoms with Crippen molar-refractivity contribution in [3.63, 3.8) is 0 Å². The summed E-state index contributed by atoms with van der Waals surface area (Å²) in [7, 11) is 0. The zero-order valence-corrected chi connectivity index (χ0v) is 21.1. The molecule has 2 heteroatoms. The number of aliphatic hydroxyl groups excluding tert-OH is 1. The van der Waals surface area contributed by atoms with E-state index in [9.17, 15) is 5.11 Å². The van der Waals surface area contributed by atoms with Gasteiger partial charge in [0.15, 0.2) is 0 Å². The molecule has 0 amide bonds. The molecule has 0 bridgehead atoms. The van der Waals surface area contributed by atoms with Crippen LogP contribution in [0.15, 0.2) is 41.0 Å². The molecule has 2 saturated carbocycles. The van der Waals surface area contributed by atoms with Crippen molar-refractivity contribution in [1.29, 1.82) is 0 Å². The van der Waals surface area contributed by atoms with Gasteiger partial charge in [0, 0.05) is 22.9 Å². The molecule has 2 fully saturated rings. The zero-order valence-electron chi connectivity index (χ0n) is 21.1. The highest BCUT2D eigenvalue weighted by Gasteiger charge is 2.45. The molecule has 3 aliphatic rings. The lowest BCUT2D eigenvalue weighted by atomic mass is 9.60. The molecule has 3 atom stereocenters. The number of hydrogen-bond donors (Lipinski definition) is 2. The second-order valence-electron chi connectivity index (χ2n) is 10.8. The Balaban J connectivity index is 1.69. The molecule has 0 heterocycles. The molecule has 2 nitrogen and oxygen atoms in total. The summed E-state index contributed by atoms with van der Waals surface area (Å²) in [5, 5.41) is 14.9. The third-order valence-electron chi connectivity index (χ3n) is 8.38. The summed E-state index contributed by atoms with van der Waals surface area (Å²) < 4.78 is 0. The molecule has 3 aliphatic carbocycles. The number of aliphatic hydroxyl groups is 1. The second-order valence-corrected chi connectivity index (χ2v) is 10.8. The minimum atomic E-state index is -0.252. The van der Waals surface area contributed by atoms with E-state index in [0.717, 1.165) is 37.8 Å². The van der Waals surface area contributed by atoms with Crippen LogP contribution in [0.4, 0.5) is 0 Å². The Bertz CT molecular complexity index is 939. The van der Waals surface area contributed by atoms with Gasteiger partial charge in [0.05, 0.1) is 6.10 Å². The standard InChI is InChI=1S/C31H43NO/c1-4-5-20-32-30-23(2)28-16-11-17-29(33)31(28,3)22-27(30)21-26-15-10-9-14-25(26)19-18-24-12-7-6-8-13-24/h9-10,14-15,21,24,29-30,32-33H,4-8,11-13,16-17,20,22H2,1-3H3/b27-21+/t29-,30?,31-/m0/s1. The maximum absolute atomic E-state index is 11.0. The highest BCUT2D eigenvalue weighted by Crippen LogP contribution is 2.51. The normalized spacial score (nSPS) is 29.5. The molecule has 1 aromatic carbocycles. The van der Waals surface area contributed by atoms with Crippen molar-refractivity contribution < 1.29 is 5.11 Å². The van der Waals surface area contributed by atoms with E-state index >= 15 is 0 Å². The Kier molecular flexibility index (Phi) is 8.15. The molecule has 33 heavy (non-hydrogen) atoms. The fourth-order valence-electron chi connectivity index (χ4n) is 6.33. The second kappa shape index (κ2) is 11.1. The van der Waals surface area contributed by atoms with E-state index in [0.29, 0.717) is 5.92 Å². The largest absolute Gasteiger partial charge is 0.392 e. The van der Waals surface area contributed by atoms with Crippen LogP contribution in [-0.4, -0.2) is 23.8 Å². The van der Waals surface area contributed by atoms with Crippen LogP contribution in [0.5, 0.6) is 0 Å². The highest BCUT2D eigenvalue weighted by atomic mass is 16.3. The molecule has 1 aromatic rings. The lowest BCUT2D eigenvalue weighted by molar-refractivity contribution is 0.0315. The van der Waals surface area contributed by atoms with Gasteiger partial charge in [0.25, 0.3) is 0 Å². The molecular formula is C31H43NO. The lowest BCUT2D eigenvalue weighted by Crippen LogP contribution is -2.47. The Morgan fingerprint density at radius 2 is 1.91 bits per heavy atom. The van der Waals surface area contributed by atoms with Crippen LogP contribution in [0.2, 0.25) is 0 Å². The van der Waals surface area contributed by atoms with Gasteiger partial charge in [0.1, 0.15) is 0 Å². The number of fused-ring (bicyclic) bond motifs is 1. The van der Waals surface area contributed by atoms with Crippen molar-refractivity contribution in [3.05, 3.63) is 52.1 Å². The van der Waals surface area contributed by atoms with E-state index in [4.69, 9.17) is 0 Å². The molecule has 0 radical (unpaired) electrons. The van der Waals surface area contributed by atoms with Gasteiger partial charge in [-0.1, -0.05) is 86.8 Å². The third kappa shape index (κ3) is 5.47. The maximum Gasteiger partial charge on any atom is 0.0634 e. The number of unbranched alkanes of at least 4 members (excludes halogenated alkanes) is 1. The van der Waals surface area contributed by atoms with Gasteiger partial charge >= 0.3 is 0 Å². The Morgan fingerprint density at radius 1 is 1.12 bits per heavy atom. The van der Waals surface area contributed by atoms with E-state index in [-0.39, 0.29) is 17.6 Å². The average Bonchev–Trinajstić information content (AvgIpc) is 2.82. The molecule has 4 rings (SSSR count). The predicted octanol–water partition coefficient (Wildman–Crippen LogP) is 7.03. The van der Waals surface area contributed by atoms with E-state index in [2.05, 4.69) is 68.3 Å². The molecule has 0 saturated heterocycles. The van der Waals surface area contributed by atoms with Gasteiger partial charge in [-0.25, -0.2) is 0 Å². The number of hydrogen-bond acceptors (Lipinski definition) is 2. The summed E-state index contributed by atoms with van der Waals surface area (Å²) in [5.41, 5.74) is 6.57. The van der Waals surface area contributed by atoms with Crippen LogP contribution in [0.3, 0.4) is 0 Å². The first-order chi connectivity index (χ1) is 16.0. The van der Waals surface area contributed by atoms with Crippen molar-refractivity contribution in [2.24, 2.45) is 11.3 Å². The van der Waals surface area contributed by atoms with Crippen molar-refractivity contribution >= 4 is 6.08 Å². The molecule has 178 valence electrons. The van der Waals surface area contributed by atoms with Crippen LogP contribution < -0.4 is 5.32 Å². The van der Waals surface area contributed by atoms with Gasteiger partial charge in [-0.2, -0.15) is 0 Å². The molecule has 2 N–H and O–H groups in total. The number of nitrogens with one attached hydrogen (secondary N) is 1. The van der Waals surface area contributed by atoms with Gasteiger partial charge in [-0.3, -0.25) is 0 Å². The Morgan fingerprint density at radius 3 is 2.70 bits per heavy atom. The fourth-order valence-corrected chi connectivity index (χ4v) is 6.33. The van der Waals surface area contributed by atoms with E-state index < -0.39 is 0 Å². The molecule has 0 aromatic heterocycles. The smallest absolute Gasteiger partial charge is 0.0634 e. The Labute approximate surface area is 202 Å². The summed E-state index contributed by atoms with van der Waals surface area (Å²) >= 11 is 0. The highest BCUT2D eigenvalue weighted by molar-refractivity contribution is 5.64. The van der Waals surface area contributed by atoms with Gasteiger partial charge in [-0.15, -0.1) is 0 Å². The van der Waals surface area contributed by atoms with Gasteiger partial charge in [0.2, 0.25) is 0 Å². The summed E-state index contributed by atoms with van der Waals surface area (Å²) in [6, 6.07) is 8.90. The summed E-state index contributed by atoms with van der Waals surface area (Å²) in [6.07, 6.45) is 15.1.